The maximum absolute atomic E-state index is 6.83. The number of nitrogens with two attached hydrogens (primary N) is 4. The fraction of sp³-hybridized carbons (Fsp3) is 1.00. The van der Waals surface area contributed by atoms with Gasteiger partial charge in [-0.25, -0.2) is 0 Å². The van der Waals surface area contributed by atoms with Gasteiger partial charge in [-0.2, -0.15) is 0 Å². The molecule has 2 unspecified atom stereocenters. The van der Waals surface area contributed by atoms with Gasteiger partial charge in [-0.1, -0.05) is 0 Å². The molecule has 3 fully saturated rings. The summed E-state index contributed by atoms with van der Waals surface area (Å²) in [6, 6.07) is 2.23. The van der Waals surface area contributed by atoms with Crippen LogP contribution in [-0.2, 0) is 41.2 Å². The van der Waals surface area contributed by atoms with Crippen molar-refractivity contribution >= 4 is 75.2 Å². The molecule has 2 atom stereocenters. The molecule has 0 aliphatic carbocycles. The molecule has 0 aromatic carbocycles. The first kappa shape index (κ1) is 29.7. The van der Waals surface area contributed by atoms with Gasteiger partial charge < -0.3 is 64.1 Å². The van der Waals surface area contributed by atoms with E-state index in [0.29, 0.717) is 63.2 Å². The van der Waals surface area contributed by atoms with Gasteiger partial charge in [0.2, 0.25) is 0 Å². The first-order valence-corrected chi connectivity index (χ1v) is 22.1. The van der Waals surface area contributed by atoms with Gasteiger partial charge in [0.1, 0.15) is 0 Å². The monoisotopic (exact) mass is 616 g/mol. The van der Waals surface area contributed by atoms with E-state index in [1.54, 1.807) is 0 Å². The molecule has 22 heteroatoms. The van der Waals surface area contributed by atoms with Crippen molar-refractivity contribution in [3.05, 3.63) is 0 Å². The molecule has 34 heavy (non-hydrogen) atoms. The topological polar surface area (TPSA) is 196 Å². The molecule has 14 nitrogen and oxygen atoms in total. The number of hydrogen-bond donors (Lipinski definition) is 4. The van der Waals surface area contributed by atoms with Crippen LogP contribution in [0.4, 0.5) is 0 Å². The normalized spacial score (nSPS) is 30.7. The molecule has 0 saturated carbocycles. The second-order valence-electron chi connectivity index (χ2n) is 7.37. The van der Waals surface area contributed by atoms with E-state index >= 15 is 0 Å². The third-order valence-corrected chi connectivity index (χ3v) is 24.5. The molecule has 192 valence electrons. The predicted octanol–water partition coefficient (Wildman–Crippen LogP) is -2.52. The molecule has 8 radical (unpaired) electrons. The zero-order valence-corrected chi connectivity index (χ0v) is 26.9. The lowest BCUT2D eigenvalue weighted by Crippen LogP contribution is -2.69. The molecule has 8 N–H and O–H groups in total. The van der Waals surface area contributed by atoms with Crippen molar-refractivity contribution in [2.24, 2.45) is 22.9 Å². The van der Waals surface area contributed by atoms with Crippen LogP contribution in [0.15, 0.2) is 0 Å². The molecule has 3 heterocycles. The SMILES string of the molecule is NCCC[Si]1O[Si]O[Si]2O[Si]3O[Si]O[Si](CCCN)O[Si](CCCN)(O3)O[Si](CCCN)(O1)O2. The average Bonchev–Trinajstić information content (AvgIpc) is 2.79. The first-order chi connectivity index (χ1) is 16.6. The Hall–Kier alpha value is 1.18. The van der Waals surface area contributed by atoms with Crippen LogP contribution >= 0.6 is 0 Å². The number of rotatable bonds is 12. The van der Waals surface area contributed by atoms with E-state index in [1.165, 1.54) is 0 Å². The summed E-state index contributed by atoms with van der Waals surface area (Å²) in [5.41, 5.74) is 23.2. The second-order valence-corrected chi connectivity index (χ2v) is 23.1. The van der Waals surface area contributed by atoms with E-state index in [9.17, 15) is 0 Å². The lowest BCUT2D eigenvalue weighted by molar-refractivity contribution is 0.0876. The van der Waals surface area contributed by atoms with Crippen LogP contribution in [-0.4, -0.2) is 101 Å². The van der Waals surface area contributed by atoms with E-state index < -0.39 is 55.2 Å². The van der Waals surface area contributed by atoms with E-state index in [0.717, 1.165) is 12.8 Å². The lowest BCUT2D eigenvalue weighted by atomic mass is 10.5. The predicted molar refractivity (Wildman–Crippen MR) is 131 cm³/mol. The summed E-state index contributed by atoms with van der Waals surface area (Å²) in [6.07, 6.45) is 2.74. The smallest absolute Gasteiger partial charge is 0.413 e. The van der Waals surface area contributed by atoms with E-state index in [2.05, 4.69) is 0 Å². The summed E-state index contributed by atoms with van der Waals surface area (Å²) in [6.45, 7) is 1.93. The van der Waals surface area contributed by atoms with Crippen molar-refractivity contribution < 1.29 is 41.2 Å². The molecule has 0 amide bonds. The first-order valence-electron chi connectivity index (χ1n) is 11.1. The molecular weight excluding hydrogens is 585 g/mol. The van der Waals surface area contributed by atoms with Crippen LogP contribution in [0.3, 0.4) is 0 Å². The summed E-state index contributed by atoms with van der Waals surface area (Å²) in [5, 5.41) is 0. The van der Waals surface area contributed by atoms with Gasteiger partial charge >= 0.3 is 75.2 Å². The van der Waals surface area contributed by atoms with Crippen molar-refractivity contribution in [2.45, 2.75) is 49.9 Å². The maximum Gasteiger partial charge on any atom is 0.551 e. The Morgan fingerprint density at radius 2 is 1.00 bits per heavy atom. The van der Waals surface area contributed by atoms with Crippen molar-refractivity contribution in [1.82, 2.24) is 0 Å². The van der Waals surface area contributed by atoms with Gasteiger partial charge in [0.05, 0.1) is 0 Å². The molecule has 3 aliphatic heterocycles. The molecule has 0 aromatic rings. The van der Waals surface area contributed by atoms with Crippen molar-refractivity contribution in [2.75, 3.05) is 26.2 Å². The zero-order valence-electron chi connectivity index (χ0n) is 18.9. The van der Waals surface area contributed by atoms with E-state index in [1.807, 2.05) is 0 Å². The highest BCUT2D eigenvalue weighted by Crippen LogP contribution is 2.34. The summed E-state index contributed by atoms with van der Waals surface area (Å²) >= 11 is 0. The van der Waals surface area contributed by atoms with Crippen LogP contribution in [0.25, 0.3) is 0 Å². The summed E-state index contributed by atoms with van der Waals surface area (Å²) in [7, 11) is -15.7. The van der Waals surface area contributed by atoms with Crippen LogP contribution < -0.4 is 22.9 Å². The maximum atomic E-state index is 6.83. The van der Waals surface area contributed by atoms with Crippen molar-refractivity contribution in [3.63, 3.8) is 0 Å². The van der Waals surface area contributed by atoms with Gasteiger partial charge in [-0.3, -0.25) is 0 Å². The minimum atomic E-state index is -3.46. The van der Waals surface area contributed by atoms with Gasteiger partial charge in [0, 0.05) is 12.1 Å². The molecular formula is C12H32N4O10Si8. The summed E-state index contributed by atoms with van der Waals surface area (Å²) in [5.74, 6) is 0. The lowest BCUT2D eigenvalue weighted by Gasteiger charge is -2.45. The van der Waals surface area contributed by atoms with Gasteiger partial charge in [0.15, 0.2) is 0 Å². The molecule has 0 aromatic heterocycles. The van der Waals surface area contributed by atoms with Crippen LogP contribution in [0.5, 0.6) is 0 Å². The van der Waals surface area contributed by atoms with Gasteiger partial charge in [-0.15, -0.1) is 0 Å². The Morgan fingerprint density at radius 3 is 1.41 bits per heavy atom. The fourth-order valence-electron chi connectivity index (χ4n) is 3.04. The third-order valence-electron chi connectivity index (χ3n) is 4.60. The Kier molecular flexibility index (Phi) is 13.6. The molecule has 3 rings (SSSR count). The Balaban J connectivity index is 1.94. The largest absolute Gasteiger partial charge is 0.551 e. The van der Waals surface area contributed by atoms with Crippen molar-refractivity contribution in [3.8, 4) is 0 Å². The standard InChI is InChI=1S/C12H32N4O10Si8/c13-5-1-9-29-17-27-19-31-21-32-20-28-18-30(10-2-6-14)23-34(25-32,12-4-8-16)26-33(22-29,24-31)11-3-7-15/h1-16H2. The highest BCUT2D eigenvalue weighted by atomic mass is 28.6. The van der Waals surface area contributed by atoms with Gasteiger partial charge in [-0.05, 0) is 64.0 Å². The van der Waals surface area contributed by atoms with E-state index in [4.69, 9.17) is 64.1 Å². The molecule has 4 bridgehead atoms. The van der Waals surface area contributed by atoms with E-state index in [-0.39, 0.29) is 20.0 Å². The van der Waals surface area contributed by atoms with Crippen LogP contribution in [0.2, 0.25) is 24.2 Å². The molecule has 3 aliphatic rings. The fourth-order valence-corrected chi connectivity index (χ4v) is 26.6. The average molecular weight is 617 g/mol. The number of fused-ring (bicyclic) bond motifs is 4. The highest BCUT2D eigenvalue weighted by molar-refractivity contribution is 6.87. The number of hydrogen-bond acceptors (Lipinski definition) is 14. The van der Waals surface area contributed by atoms with Gasteiger partial charge in [0.25, 0.3) is 0 Å². The van der Waals surface area contributed by atoms with Crippen LogP contribution in [0, 0.1) is 0 Å². The summed E-state index contributed by atoms with van der Waals surface area (Å²) < 4.78 is 62.5. The highest BCUT2D eigenvalue weighted by Gasteiger charge is 2.62. The summed E-state index contributed by atoms with van der Waals surface area (Å²) in [4.78, 5) is 0. The zero-order chi connectivity index (χ0) is 24.3. The van der Waals surface area contributed by atoms with Crippen LogP contribution in [0.1, 0.15) is 25.7 Å². The Bertz CT molecular complexity index is 547. The quantitative estimate of drug-likeness (QED) is 0.168. The minimum absolute atomic E-state index is 0.286. The molecule has 0 spiro atoms. The third kappa shape index (κ3) is 9.18. The Morgan fingerprint density at radius 1 is 0.559 bits per heavy atom. The second kappa shape index (κ2) is 15.6. The molecule has 3 saturated heterocycles. The Labute approximate surface area is 215 Å². The minimum Gasteiger partial charge on any atom is -0.413 e. The van der Waals surface area contributed by atoms with Crippen molar-refractivity contribution in [1.29, 1.82) is 0 Å².